The third kappa shape index (κ3) is 4.43. The molecule has 0 amide bonds. The van der Waals surface area contributed by atoms with Gasteiger partial charge in [-0.05, 0) is 23.8 Å². The Morgan fingerprint density at radius 3 is 2.14 bits per heavy atom. The topological polar surface area (TPSA) is 50.3 Å². The molecule has 1 aromatic carbocycles. The van der Waals surface area contributed by atoms with Gasteiger partial charge < -0.3 is 4.90 Å². The standard InChI is InChI=1S/C18H17F5N2O2S/c1-28(26,27)14-4-2-12(3-5-14)15-10-13(18(21,22)23)11-24-16(15)25-8-6-17(19,20)7-9-25/h2-5,10-11H,6-9H2,1H3. The van der Waals surface area contributed by atoms with Gasteiger partial charge in [0, 0.05) is 43.9 Å². The zero-order valence-electron chi connectivity index (χ0n) is 14.8. The maximum Gasteiger partial charge on any atom is 0.417 e. The molecule has 28 heavy (non-hydrogen) atoms. The van der Waals surface area contributed by atoms with Gasteiger partial charge in [0.1, 0.15) is 5.82 Å². The second-order valence-electron chi connectivity index (χ2n) is 6.73. The van der Waals surface area contributed by atoms with Crippen molar-refractivity contribution in [2.45, 2.75) is 29.8 Å². The Labute approximate surface area is 158 Å². The van der Waals surface area contributed by atoms with Gasteiger partial charge in [-0.1, -0.05) is 12.1 Å². The van der Waals surface area contributed by atoms with Crippen LogP contribution in [0.3, 0.4) is 0 Å². The molecule has 1 aromatic heterocycles. The molecule has 0 radical (unpaired) electrons. The van der Waals surface area contributed by atoms with Gasteiger partial charge in [-0.25, -0.2) is 22.2 Å². The van der Waals surface area contributed by atoms with Gasteiger partial charge in [0.25, 0.3) is 5.92 Å². The molecule has 3 rings (SSSR count). The lowest BCUT2D eigenvalue weighted by molar-refractivity contribution is -0.137. The summed E-state index contributed by atoms with van der Waals surface area (Å²) in [5.41, 5.74) is -0.542. The molecular weight excluding hydrogens is 403 g/mol. The first-order valence-electron chi connectivity index (χ1n) is 8.37. The van der Waals surface area contributed by atoms with Crippen molar-refractivity contribution in [1.82, 2.24) is 4.98 Å². The van der Waals surface area contributed by atoms with Gasteiger partial charge in [-0.2, -0.15) is 13.2 Å². The number of piperidine rings is 1. The SMILES string of the molecule is CS(=O)(=O)c1ccc(-c2cc(C(F)(F)F)cnc2N2CCC(F)(F)CC2)cc1. The van der Waals surface area contributed by atoms with Crippen molar-refractivity contribution in [2.24, 2.45) is 0 Å². The van der Waals surface area contributed by atoms with E-state index in [9.17, 15) is 30.4 Å². The number of rotatable bonds is 3. The average molecular weight is 420 g/mol. The number of halogens is 5. The van der Waals surface area contributed by atoms with E-state index in [0.717, 1.165) is 12.3 Å². The minimum Gasteiger partial charge on any atom is -0.356 e. The average Bonchev–Trinajstić information content (AvgIpc) is 2.60. The minimum atomic E-state index is -4.62. The van der Waals surface area contributed by atoms with Crippen LogP contribution < -0.4 is 4.90 Å². The Morgan fingerprint density at radius 2 is 1.64 bits per heavy atom. The van der Waals surface area contributed by atoms with Gasteiger partial charge in [-0.3, -0.25) is 0 Å². The van der Waals surface area contributed by atoms with E-state index in [1.54, 1.807) is 0 Å². The number of pyridine rings is 1. The van der Waals surface area contributed by atoms with Crippen LogP contribution in [-0.4, -0.2) is 38.7 Å². The summed E-state index contributed by atoms with van der Waals surface area (Å²) < 4.78 is 89.5. The van der Waals surface area contributed by atoms with Crippen molar-refractivity contribution in [3.63, 3.8) is 0 Å². The van der Waals surface area contributed by atoms with E-state index in [2.05, 4.69) is 4.98 Å². The van der Waals surface area contributed by atoms with E-state index in [0.29, 0.717) is 11.8 Å². The molecule has 0 aliphatic carbocycles. The van der Waals surface area contributed by atoms with Gasteiger partial charge >= 0.3 is 6.18 Å². The Kier molecular flexibility index (Phi) is 5.11. The van der Waals surface area contributed by atoms with Crippen LogP contribution in [0.5, 0.6) is 0 Å². The summed E-state index contributed by atoms with van der Waals surface area (Å²) in [6.07, 6.45) is -3.75. The lowest BCUT2D eigenvalue weighted by Gasteiger charge is -2.33. The molecule has 1 fully saturated rings. The van der Waals surface area contributed by atoms with Gasteiger partial charge in [0.05, 0.1) is 10.5 Å². The van der Waals surface area contributed by atoms with Crippen molar-refractivity contribution in [3.8, 4) is 11.1 Å². The molecule has 1 aliphatic rings. The van der Waals surface area contributed by atoms with Crippen molar-refractivity contribution in [1.29, 1.82) is 0 Å². The Bertz CT molecular complexity index is 962. The highest BCUT2D eigenvalue weighted by Gasteiger charge is 2.36. The molecule has 0 spiro atoms. The quantitative estimate of drug-likeness (QED) is 0.691. The van der Waals surface area contributed by atoms with E-state index in [1.807, 2.05) is 0 Å². The number of anilines is 1. The fraction of sp³-hybridized carbons (Fsp3) is 0.389. The van der Waals surface area contributed by atoms with Crippen LogP contribution in [0.15, 0.2) is 41.4 Å². The Morgan fingerprint density at radius 1 is 1.07 bits per heavy atom. The summed E-state index contributed by atoms with van der Waals surface area (Å²) in [4.78, 5) is 5.46. The van der Waals surface area contributed by atoms with E-state index in [1.165, 1.54) is 29.2 Å². The van der Waals surface area contributed by atoms with Crippen LogP contribution in [0, 0.1) is 0 Å². The minimum absolute atomic E-state index is 0.0235. The number of hydrogen-bond acceptors (Lipinski definition) is 4. The number of hydrogen-bond donors (Lipinski definition) is 0. The highest BCUT2D eigenvalue weighted by atomic mass is 32.2. The fourth-order valence-corrected chi connectivity index (χ4v) is 3.63. The molecule has 1 aliphatic heterocycles. The fourth-order valence-electron chi connectivity index (χ4n) is 3.00. The largest absolute Gasteiger partial charge is 0.417 e. The number of aromatic nitrogens is 1. The van der Waals surface area contributed by atoms with E-state index in [4.69, 9.17) is 0 Å². The second kappa shape index (κ2) is 6.98. The summed E-state index contributed by atoms with van der Waals surface area (Å²) in [7, 11) is -3.47. The van der Waals surface area contributed by atoms with Gasteiger partial charge in [0.15, 0.2) is 9.84 Å². The summed E-state index contributed by atoms with van der Waals surface area (Å²) in [6.45, 7) is -0.0838. The number of sulfone groups is 1. The lowest BCUT2D eigenvalue weighted by atomic mass is 10.0. The normalized spacial score (nSPS) is 17.6. The molecule has 2 aromatic rings. The zero-order valence-corrected chi connectivity index (χ0v) is 15.6. The number of nitrogens with zero attached hydrogens (tertiary/aromatic N) is 2. The van der Waals surface area contributed by atoms with Crippen LogP contribution in [0.4, 0.5) is 27.8 Å². The molecule has 2 heterocycles. The third-order valence-electron chi connectivity index (χ3n) is 4.58. The summed E-state index contributed by atoms with van der Waals surface area (Å²) >= 11 is 0. The predicted octanol–water partition coefficient (Wildman–Crippen LogP) is 4.41. The molecule has 152 valence electrons. The molecule has 4 nitrogen and oxygen atoms in total. The van der Waals surface area contributed by atoms with Crippen LogP contribution in [0.25, 0.3) is 11.1 Å². The third-order valence-corrected chi connectivity index (χ3v) is 5.71. The van der Waals surface area contributed by atoms with Crippen molar-refractivity contribution in [3.05, 3.63) is 42.1 Å². The van der Waals surface area contributed by atoms with Gasteiger partial charge in [0.2, 0.25) is 0 Å². The molecular formula is C18H17F5N2O2S. The van der Waals surface area contributed by atoms with Crippen LogP contribution in [0.1, 0.15) is 18.4 Å². The van der Waals surface area contributed by atoms with Crippen LogP contribution >= 0.6 is 0 Å². The second-order valence-corrected chi connectivity index (χ2v) is 8.75. The summed E-state index contributed by atoms with van der Waals surface area (Å²) in [5.74, 6) is -2.64. The summed E-state index contributed by atoms with van der Waals surface area (Å²) in [5, 5.41) is 0. The Balaban J connectivity index is 2.06. The molecule has 0 saturated carbocycles. The van der Waals surface area contributed by atoms with E-state index < -0.39 is 40.3 Å². The molecule has 0 atom stereocenters. The zero-order chi connectivity index (χ0) is 20.7. The molecule has 0 unspecified atom stereocenters. The van der Waals surface area contributed by atoms with Crippen molar-refractivity contribution < 1.29 is 30.4 Å². The summed E-state index contributed by atoms with van der Waals surface area (Å²) in [6, 6.07) is 6.26. The first-order valence-corrected chi connectivity index (χ1v) is 10.3. The predicted molar refractivity (Wildman–Crippen MR) is 94.2 cm³/mol. The van der Waals surface area contributed by atoms with E-state index in [-0.39, 0.29) is 29.4 Å². The first-order chi connectivity index (χ1) is 12.9. The van der Waals surface area contributed by atoms with Crippen LogP contribution in [-0.2, 0) is 16.0 Å². The Hall–Kier alpha value is -2.23. The molecule has 10 heteroatoms. The maximum atomic E-state index is 13.4. The molecule has 0 bridgehead atoms. The molecule has 1 saturated heterocycles. The van der Waals surface area contributed by atoms with Crippen molar-refractivity contribution >= 4 is 15.7 Å². The monoisotopic (exact) mass is 420 g/mol. The lowest BCUT2D eigenvalue weighted by Crippen LogP contribution is -2.40. The smallest absolute Gasteiger partial charge is 0.356 e. The van der Waals surface area contributed by atoms with E-state index >= 15 is 0 Å². The highest BCUT2D eigenvalue weighted by molar-refractivity contribution is 7.90. The van der Waals surface area contributed by atoms with Crippen LogP contribution in [0.2, 0.25) is 0 Å². The van der Waals surface area contributed by atoms with Crippen molar-refractivity contribution in [2.75, 3.05) is 24.2 Å². The molecule has 0 N–H and O–H groups in total. The highest BCUT2D eigenvalue weighted by Crippen LogP contribution is 2.38. The first kappa shape index (κ1) is 20.5. The number of benzene rings is 1. The number of alkyl halides is 5. The maximum absolute atomic E-state index is 13.4. The van der Waals surface area contributed by atoms with Gasteiger partial charge in [-0.15, -0.1) is 0 Å².